The second-order valence-electron chi connectivity index (χ2n) is 30.3. The van der Waals surface area contributed by atoms with Gasteiger partial charge in [-0.1, -0.05) is 92.6 Å². The molecule has 18 atom stereocenters. The summed E-state index contributed by atoms with van der Waals surface area (Å²) < 4.78 is 38.7. The Kier molecular flexibility index (Phi) is 29.0. The zero-order chi connectivity index (χ0) is 86.9. The summed E-state index contributed by atoms with van der Waals surface area (Å²) in [6.45, 7) is 7.16. The Morgan fingerprint density at radius 3 is 1.98 bits per heavy atom. The third kappa shape index (κ3) is 21.0. The first-order chi connectivity index (χ1) is 57.0. The van der Waals surface area contributed by atoms with Crippen LogP contribution in [0.15, 0.2) is 109 Å². The van der Waals surface area contributed by atoms with E-state index in [9.17, 15) is 69.9 Å². The van der Waals surface area contributed by atoms with Crippen LogP contribution in [-0.2, 0) is 57.4 Å². The Balaban J connectivity index is 1.07. The molecule has 37 heteroatoms. The number of fused-ring (bicyclic) bond motifs is 15. The number of carbonyl (C=O) groups is 9. The van der Waals surface area contributed by atoms with Gasteiger partial charge in [0.25, 0.3) is 0 Å². The predicted molar refractivity (Wildman–Crippen MR) is 430 cm³/mol. The van der Waals surface area contributed by atoms with Gasteiger partial charge in [0.05, 0.1) is 41.3 Å². The monoisotopic (exact) mass is 1700 g/mol. The first kappa shape index (κ1) is 89.6. The number of likely N-dealkylation sites (N-methyl/N-ethyl adjacent to an activating group) is 1. The highest BCUT2D eigenvalue weighted by Gasteiger charge is 2.52. The standard InChI is InChI=1S/C83H95Cl2N11O24/c1-7-8-9-10-11-39-12-14-40(15-13-39)16-23-60(102)89-24-25-90-77(110)65-47-32-45(98)33-53(100)62(47)46-27-41(17-20-52(46)99)63-78(111)96-67(81(114)94-65)69(104)43-19-22-55(49(85)29-43)117-57-31-44-30-56(72(57)120-82-73(71(106)70(105)58(36-97)118-82)119-61-35-83(5,87)74(107)38(4)115-61)116-54-21-18-42(28-48(54)84)68(103)66(95-75(108)50(88-6)26-37(2)3)80(113)91-51(34-59(86)101)76(109)92-64(44)79(112)93-63/h12-23,27-33,37-38,50-51,58,61,63-71,73-74,82,88,97-100,103-107H,7-9,24-26,34-36,87H2,1-6H3,(H2,86,101)(H,89,102)(H,90,110)(H,91,113)(H,92,109)(H,93,112)(H,94,114)(H,95,108)(H,96,111)/b23-16+/t38-,50+,51-,58+,61?,63+,64?,65?,66+,67-,68+,69+,70+,71-,73+,74+,82-,83-/m0/s1. The second kappa shape index (κ2) is 38.9. The molecular weight excluding hydrogens is 1610 g/mol. The summed E-state index contributed by atoms with van der Waals surface area (Å²) in [6, 6.07) is 6.97. The number of ether oxygens (including phenoxy) is 6. The number of primary amides is 1. The quantitative estimate of drug-likeness (QED) is 0.0296. The van der Waals surface area contributed by atoms with Gasteiger partial charge in [0.1, 0.15) is 95.5 Å². The third-order valence-electron chi connectivity index (χ3n) is 20.7. The Bertz CT molecular complexity index is 4970. The van der Waals surface area contributed by atoms with Crippen LogP contribution in [0.4, 0.5) is 0 Å². The predicted octanol–water partition coefficient (Wildman–Crippen LogP) is 2.51. The molecule has 11 bridgehead atoms. The van der Waals surface area contributed by atoms with E-state index in [0.29, 0.717) is 5.56 Å². The fourth-order valence-corrected chi connectivity index (χ4v) is 14.8. The number of phenolic OH excluding ortho intramolecular Hbond substituents is 3. The first-order valence-corrected chi connectivity index (χ1v) is 39.4. The molecule has 0 saturated carbocycles. The number of rotatable bonds is 20. The van der Waals surface area contributed by atoms with Gasteiger partial charge in [-0.25, -0.2) is 0 Å². The zero-order valence-electron chi connectivity index (χ0n) is 65.8. The van der Waals surface area contributed by atoms with Gasteiger partial charge in [-0.15, -0.1) is 0 Å². The van der Waals surface area contributed by atoms with Crippen LogP contribution in [0, 0.1) is 17.8 Å². The number of hydrogen-bond acceptors (Lipinski definition) is 26. The van der Waals surface area contributed by atoms with Gasteiger partial charge in [0.15, 0.2) is 23.9 Å². The number of nitrogens with two attached hydrogens (primary N) is 2. The van der Waals surface area contributed by atoms with Crippen LogP contribution in [0.5, 0.6) is 46.0 Å². The van der Waals surface area contributed by atoms with Crippen LogP contribution in [0.3, 0.4) is 0 Å². The van der Waals surface area contributed by atoms with E-state index in [1.807, 2.05) is 26.0 Å². The lowest BCUT2D eigenvalue weighted by molar-refractivity contribution is -0.333. The van der Waals surface area contributed by atoms with E-state index in [2.05, 4.69) is 66.6 Å². The fraction of sp³-hybridized carbons (Fsp3) is 0.410. The molecule has 35 nitrogen and oxygen atoms in total. The summed E-state index contributed by atoms with van der Waals surface area (Å²) in [5.41, 5.74) is 9.79. The maximum absolute atomic E-state index is 16.3. The molecule has 0 aliphatic carbocycles. The largest absolute Gasteiger partial charge is 0.508 e. The van der Waals surface area contributed by atoms with Gasteiger partial charge in [-0.3, -0.25) is 43.2 Å². The summed E-state index contributed by atoms with van der Waals surface area (Å²) in [5, 5.41) is 128. The number of unbranched alkanes of at least 4 members (excludes halogenated alkanes) is 2. The molecular formula is C83H95Cl2N11O24. The normalized spacial score (nSPS) is 26.5. The van der Waals surface area contributed by atoms with E-state index in [4.69, 9.17) is 63.1 Å². The highest BCUT2D eigenvalue weighted by molar-refractivity contribution is 6.32. The Hall–Kier alpha value is -11.2. The topological polar surface area (TPSA) is 551 Å². The lowest BCUT2D eigenvalue weighted by atomic mass is 9.86. The minimum Gasteiger partial charge on any atom is -0.508 e. The van der Waals surface area contributed by atoms with Crippen molar-refractivity contribution in [1.82, 2.24) is 47.9 Å². The highest BCUT2D eigenvalue weighted by Crippen LogP contribution is 2.50. The number of carbonyl (C=O) groups excluding carboxylic acids is 9. The third-order valence-corrected chi connectivity index (χ3v) is 21.3. The van der Waals surface area contributed by atoms with Gasteiger partial charge < -0.3 is 134 Å². The number of nitrogens with one attached hydrogen (secondary N) is 9. The molecule has 7 aliphatic rings. The van der Waals surface area contributed by atoms with E-state index in [1.54, 1.807) is 18.2 Å². The van der Waals surface area contributed by atoms with Crippen molar-refractivity contribution in [2.24, 2.45) is 17.4 Å². The molecule has 7 aliphatic heterocycles. The average Bonchev–Trinajstić information content (AvgIpc) is 0.763. The first-order valence-electron chi connectivity index (χ1n) is 38.6. The average molecular weight is 1700 g/mol. The molecule has 0 aromatic heterocycles. The van der Waals surface area contributed by atoms with Gasteiger partial charge in [-0.05, 0) is 146 Å². The van der Waals surface area contributed by atoms with Crippen LogP contribution < -0.4 is 73.5 Å². The number of aliphatic hydroxyl groups excluding tert-OH is 6. The van der Waals surface area contributed by atoms with Crippen molar-refractivity contribution in [3.05, 3.63) is 158 Å². The SMILES string of the molecule is CCCCC#Cc1ccc(/C=C/C(=O)NCCNC(=O)C2NC(=O)[C@H]3NC(=O)[C@H](NC(=O)C4NC(=O)[C@H](CC(N)=O)NC(=O)[C@H](NC(=O)[C@@H](CC(C)C)NC)[C@H](O)c5ccc(c(Cl)c5)Oc5cc4cc(c5O[C@@H]4O[C@H](CO)[C@@H](O)[C@H](O)[C@H]4OC4C[C@](C)(N)[C@H](O)[C@H](C)O4)Oc4ccc(cc4Cl)[C@H]3O)c3ccc(O)c(c3)-c3c(O)cc(O)cc32)cc1. The minimum atomic E-state index is -2.37. The van der Waals surface area contributed by atoms with E-state index in [0.717, 1.165) is 85.5 Å². The number of benzene rings is 6. The number of phenols is 3. The number of hydrogen-bond donors (Lipinski definition) is 20. The van der Waals surface area contributed by atoms with E-state index < -0.39 is 243 Å². The smallest absolute Gasteiger partial charge is 0.248 e. The summed E-state index contributed by atoms with van der Waals surface area (Å²) in [5.74, 6) is -9.53. The van der Waals surface area contributed by atoms with Crippen LogP contribution in [-0.4, -0.2) is 205 Å². The van der Waals surface area contributed by atoms with Crippen LogP contribution >= 0.6 is 23.2 Å². The summed E-state index contributed by atoms with van der Waals surface area (Å²) in [7, 11) is 1.47. The number of aliphatic hydroxyl groups is 6. The maximum atomic E-state index is 16.3. The number of amides is 9. The molecule has 9 amide bonds. The fourth-order valence-electron chi connectivity index (χ4n) is 14.3. The molecule has 6 aromatic rings. The van der Waals surface area contributed by atoms with Crippen molar-refractivity contribution in [2.75, 3.05) is 26.7 Å². The minimum absolute atomic E-state index is 0.109. The van der Waals surface area contributed by atoms with Crippen LogP contribution in [0.2, 0.25) is 10.0 Å². The van der Waals surface area contributed by atoms with Gasteiger partial charge >= 0.3 is 0 Å². The Morgan fingerprint density at radius 1 is 0.717 bits per heavy atom. The molecule has 7 heterocycles. The van der Waals surface area contributed by atoms with Crippen molar-refractivity contribution in [3.63, 3.8) is 0 Å². The number of halogens is 2. The van der Waals surface area contributed by atoms with E-state index in [-0.39, 0.29) is 59.3 Å². The summed E-state index contributed by atoms with van der Waals surface area (Å²) in [6.07, 6.45) is -13.2. The molecule has 0 radical (unpaired) electrons. The van der Waals surface area contributed by atoms with Crippen molar-refractivity contribution in [3.8, 4) is 69.0 Å². The Morgan fingerprint density at radius 2 is 1.35 bits per heavy atom. The van der Waals surface area contributed by atoms with E-state index >= 15 is 19.2 Å². The Labute approximate surface area is 698 Å². The zero-order valence-corrected chi connectivity index (χ0v) is 67.3. The van der Waals surface area contributed by atoms with Crippen molar-refractivity contribution >= 4 is 82.4 Å². The van der Waals surface area contributed by atoms with Crippen LogP contribution in [0.25, 0.3) is 17.2 Å². The van der Waals surface area contributed by atoms with Crippen molar-refractivity contribution in [1.29, 1.82) is 0 Å². The molecule has 6 aromatic carbocycles. The van der Waals surface area contributed by atoms with Gasteiger partial charge in [0, 0.05) is 60.3 Å². The lowest BCUT2D eigenvalue weighted by Gasteiger charge is -2.47. The molecule has 3 unspecified atom stereocenters. The van der Waals surface area contributed by atoms with Crippen molar-refractivity contribution < 1.29 is 118 Å². The molecule has 640 valence electrons. The van der Waals surface area contributed by atoms with Gasteiger partial charge in [0.2, 0.25) is 65.2 Å². The van der Waals surface area contributed by atoms with Crippen molar-refractivity contribution in [2.45, 2.75) is 182 Å². The highest BCUT2D eigenvalue weighted by atomic mass is 35.5. The van der Waals surface area contributed by atoms with Crippen LogP contribution in [0.1, 0.15) is 142 Å². The maximum Gasteiger partial charge on any atom is 0.248 e. The van der Waals surface area contributed by atoms with E-state index in [1.165, 1.54) is 45.2 Å². The van der Waals surface area contributed by atoms with Gasteiger partial charge in [-0.2, -0.15) is 0 Å². The number of aromatic hydroxyl groups is 3. The molecule has 2 saturated heterocycles. The molecule has 120 heavy (non-hydrogen) atoms. The molecule has 22 N–H and O–H groups in total. The second-order valence-corrected chi connectivity index (χ2v) is 31.1. The lowest BCUT2D eigenvalue weighted by Crippen LogP contribution is -2.64. The molecule has 13 rings (SSSR count). The summed E-state index contributed by atoms with van der Waals surface area (Å²) in [4.78, 5) is 134. The summed E-state index contributed by atoms with van der Waals surface area (Å²) >= 11 is 14.3. The molecule has 0 spiro atoms. The molecule has 2 fully saturated rings.